The van der Waals surface area contributed by atoms with Gasteiger partial charge in [0.15, 0.2) is 0 Å². The lowest BCUT2D eigenvalue weighted by atomic mass is 10.2. The minimum Gasteiger partial charge on any atom is -0.305 e. The number of likely N-dealkylation sites (tertiary alicyclic amines) is 1. The van der Waals surface area contributed by atoms with E-state index in [1.54, 1.807) is 11.3 Å². The Hall–Kier alpha value is -0.450. The van der Waals surface area contributed by atoms with Crippen molar-refractivity contribution in [3.63, 3.8) is 0 Å². The van der Waals surface area contributed by atoms with E-state index in [4.69, 9.17) is 0 Å². The van der Waals surface area contributed by atoms with E-state index >= 15 is 0 Å². The summed E-state index contributed by atoms with van der Waals surface area (Å²) in [7, 11) is 2.18. The lowest BCUT2D eigenvalue weighted by molar-refractivity contribution is 0.387. The predicted molar refractivity (Wildman–Crippen MR) is 59.6 cm³/mol. The largest absolute Gasteiger partial charge is 0.305 e. The van der Waals surface area contributed by atoms with Gasteiger partial charge < -0.3 is 10.2 Å². The Bertz CT molecular complexity index is 273. The van der Waals surface area contributed by atoms with Gasteiger partial charge in [-0.25, -0.2) is 4.98 Å². The minimum atomic E-state index is 0.395. The fraction of sp³-hybridized carbons (Fsp3) is 0.700. The molecule has 0 radical (unpaired) electrons. The highest BCUT2D eigenvalue weighted by atomic mass is 32.1. The first kappa shape index (κ1) is 10.1. The van der Waals surface area contributed by atoms with Crippen molar-refractivity contribution < 1.29 is 0 Å². The molecule has 0 aliphatic carbocycles. The van der Waals surface area contributed by atoms with Crippen molar-refractivity contribution in [3.05, 3.63) is 16.6 Å². The zero-order valence-corrected chi connectivity index (χ0v) is 9.55. The second-order valence-corrected chi connectivity index (χ2v) is 4.93. The Morgan fingerprint density at radius 2 is 2.57 bits per heavy atom. The van der Waals surface area contributed by atoms with Gasteiger partial charge in [0.25, 0.3) is 0 Å². The van der Waals surface area contributed by atoms with Crippen LogP contribution in [0.2, 0.25) is 0 Å². The molecule has 0 amide bonds. The van der Waals surface area contributed by atoms with Crippen LogP contribution in [0.4, 0.5) is 0 Å². The van der Waals surface area contributed by atoms with Crippen molar-refractivity contribution >= 4 is 11.3 Å². The van der Waals surface area contributed by atoms with Crippen molar-refractivity contribution in [1.29, 1.82) is 0 Å². The van der Waals surface area contributed by atoms with Gasteiger partial charge in [0, 0.05) is 24.2 Å². The van der Waals surface area contributed by atoms with E-state index < -0.39 is 0 Å². The van der Waals surface area contributed by atoms with Crippen LogP contribution in [-0.2, 0) is 0 Å². The monoisotopic (exact) mass is 211 g/mol. The Morgan fingerprint density at radius 1 is 1.71 bits per heavy atom. The van der Waals surface area contributed by atoms with Gasteiger partial charge in [0.1, 0.15) is 5.01 Å². The van der Waals surface area contributed by atoms with Gasteiger partial charge in [-0.05, 0) is 26.9 Å². The molecule has 4 heteroatoms. The van der Waals surface area contributed by atoms with Gasteiger partial charge in [-0.1, -0.05) is 0 Å². The van der Waals surface area contributed by atoms with Crippen LogP contribution in [0.25, 0.3) is 0 Å². The van der Waals surface area contributed by atoms with Crippen LogP contribution < -0.4 is 5.32 Å². The maximum Gasteiger partial charge on any atom is 0.109 e. The van der Waals surface area contributed by atoms with Crippen LogP contribution in [0.3, 0.4) is 0 Å². The highest BCUT2D eigenvalue weighted by molar-refractivity contribution is 7.09. The molecule has 0 bridgehead atoms. The molecule has 2 atom stereocenters. The highest BCUT2D eigenvalue weighted by Gasteiger charge is 2.21. The topological polar surface area (TPSA) is 28.2 Å². The Labute approximate surface area is 89.1 Å². The van der Waals surface area contributed by atoms with Crippen LogP contribution >= 0.6 is 11.3 Å². The van der Waals surface area contributed by atoms with E-state index in [1.807, 2.05) is 11.6 Å². The van der Waals surface area contributed by atoms with Crippen LogP contribution in [0.1, 0.15) is 24.4 Å². The average Bonchev–Trinajstić information content (AvgIpc) is 2.75. The average molecular weight is 211 g/mol. The number of aromatic nitrogens is 1. The van der Waals surface area contributed by atoms with Crippen LogP contribution in [0, 0.1) is 0 Å². The Morgan fingerprint density at radius 3 is 3.14 bits per heavy atom. The van der Waals surface area contributed by atoms with E-state index in [1.165, 1.54) is 18.0 Å². The predicted octanol–water partition coefficient (Wildman–Crippen LogP) is 1.50. The molecule has 1 N–H and O–H groups in total. The van der Waals surface area contributed by atoms with E-state index in [2.05, 4.69) is 29.2 Å². The number of rotatable bonds is 3. The number of thiazole rings is 1. The second-order valence-electron chi connectivity index (χ2n) is 4.01. The normalized spacial score (nSPS) is 25.4. The molecule has 1 saturated heterocycles. The molecule has 2 rings (SSSR count). The molecule has 1 fully saturated rings. The molecular formula is C10H17N3S. The van der Waals surface area contributed by atoms with Crippen molar-refractivity contribution in [2.75, 3.05) is 20.1 Å². The van der Waals surface area contributed by atoms with Crippen LogP contribution in [0.5, 0.6) is 0 Å². The number of hydrogen-bond acceptors (Lipinski definition) is 4. The number of hydrogen-bond donors (Lipinski definition) is 1. The first-order valence-electron chi connectivity index (χ1n) is 5.09. The van der Waals surface area contributed by atoms with Crippen molar-refractivity contribution in [2.45, 2.75) is 25.4 Å². The van der Waals surface area contributed by atoms with Crippen molar-refractivity contribution in [1.82, 2.24) is 15.2 Å². The molecule has 0 unspecified atom stereocenters. The molecular weight excluding hydrogens is 194 g/mol. The Balaban J connectivity index is 1.86. The van der Waals surface area contributed by atoms with E-state index in [9.17, 15) is 0 Å². The summed E-state index contributed by atoms with van der Waals surface area (Å²) in [5.74, 6) is 0. The fourth-order valence-electron chi connectivity index (χ4n) is 1.94. The zero-order valence-electron chi connectivity index (χ0n) is 8.73. The summed E-state index contributed by atoms with van der Waals surface area (Å²) in [4.78, 5) is 6.69. The molecule has 1 aliphatic heterocycles. The van der Waals surface area contributed by atoms with E-state index in [-0.39, 0.29) is 0 Å². The molecule has 78 valence electrons. The molecule has 14 heavy (non-hydrogen) atoms. The van der Waals surface area contributed by atoms with Gasteiger partial charge >= 0.3 is 0 Å². The van der Waals surface area contributed by atoms with Crippen LogP contribution in [0.15, 0.2) is 11.6 Å². The summed E-state index contributed by atoms with van der Waals surface area (Å²) in [6.07, 6.45) is 3.13. The van der Waals surface area contributed by atoms with Crippen molar-refractivity contribution in [3.8, 4) is 0 Å². The second kappa shape index (κ2) is 4.38. The van der Waals surface area contributed by atoms with Gasteiger partial charge in [0.2, 0.25) is 0 Å². The summed E-state index contributed by atoms with van der Waals surface area (Å²) in [5, 5.41) is 6.85. The summed E-state index contributed by atoms with van der Waals surface area (Å²) in [5.41, 5.74) is 0. The third-order valence-corrected chi connectivity index (χ3v) is 3.66. The first-order valence-corrected chi connectivity index (χ1v) is 5.97. The maximum atomic E-state index is 4.32. The molecule has 1 aromatic rings. The maximum absolute atomic E-state index is 4.32. The summed E-state index contributed by atoms with van der Waals surface area (Å²) >= 11 is 1.73. The summed E-state index contributed by atoms with van der Waals surface area (Å²) in [6.45, 7) is 4.56. The third kappa shape index (κ3) is 2.32. The molecule has 1 aromatic heterocycles. The number of nitrogens with one attached hydrogen (secondary N) is 1. The smallest absolute Gasteiger partial charge is 0.109 e. The fourth-order valence-corrected chi connectivity index (χ4v) is 2.60. The van der Waals surface area contributed by atoms with Gasteiger partial charge in [0.05, 0.1) is 6.04 Å². The van der Waals surface area contributed by atoms with Crippen molar-refractivity contribution in [2.24, 2.45) is 0 Å². The SMILES string of the molecule is C[C@@H](N[C@@H]1CCN(C)C1)c1nccs1. The summed E-state index contributed by atoms with van der Waals surface area (Å²) in [6, 6.07) is 1.03. The number of nitrogens with zero attached hydrogens (tertiary/aromatic N) is 2. The van der Waals surface area contributed by atoms with E-state index in [0.29, 0.717) is 12.1 Å². The third-order valence-electron chi connectivity index (χ3n) is 2.70. The highest BCUT2D eigenvalue weighted by Crippen LogP contribution is 2.17. The molecule has 0 aromatic carbocycles. The zero-order chi connectivity index (χ0) is 9.97. The molecule has 1 aliphatic rings. The van der Waals surface area contributed by atoms with Gasteiger partial charge in [-0.2, -0.15) is 0 Å². The molecule has 3 nitrogen and oxygen atoms in total. The van der Waals surface area contributed by atoms with E-state index in [0.717, 1.165) is 6.54 Å². The standard InChI is InChI=1S/C10H17N3S/c1-8(10-11-4-6-14-10)12-9-3-5-13(2)7-9/h4,6,8-9,12H,3,5,7H2,1-2H3/t8-,9-/m1/s1. The molecule has 0 saturated carbocycles. The first-order chi connectivity index (χ1) is 6.75. The minimum absolute atomic E-state index is 0.395. The summed E-state index contributed by atoms with van der Waals surface area (Å²) < 4.78 is 0. The van der Waals surface area contributed by atoms with Crippen LogP contribution in [-0.4, -0.2) is 36.1 Å². The Kier molecular flexibility index (Phi) is 3.15. The molecule has 2 heterocycles. The quantitative estimate of drug-likeness (QED) is 0.821. The lowest BCUT2D eigenvalue weighted by Crippen LogP contribution is -2.33. The van der Waals surface area contributed by atoms with Gasteiger partial charge in [-0.15, -0.1) is 11.3 Å². The molecule has 0 spiro atoms. The number of likely N-dealkylation sites (N-methyl/N-ethyl adjacent to an activating group) is 1. The lowest BCUT2D eigenvalue weighted by Gasteiger charge is -2.17. The van der Waals surface area contributed by atoms with Gasteiger partial charge in [-0.3, -0.25) is 0 Å².